The van der Waals surface area contributed by atoms with Gasteiger partial charge < -0.3 is 10.0 Å². The van der Waals surface area contributed by atoms with Crippen molar-refractivity contribution < 1.29 is 9.50 Å². The molecule has 1 heterocycles. The van der Waals surface area contributed by atoms with Gasteiger partial charge in [-0.3, -0.25) is 0 Å². The van der Waals surface area contributed by atoms with Gasteiger partial charge in [0.2, 0.25) is 0 Å². The zero-order chi connectivity index (χ0) is 15.6. The second-order valence-electron chi connectivity index (χ2n) is 7.33. The number of hydrogen-bond acceptors (Lipinski definition) is 2. The molecule has 3 heteroatoms. The Balaban J connectivity index is 2.24. The van der Waals surface area contributed by atoms with Crippen molar-refractivity contribution in [3.63, 3.8) is 0 Å². The molecule has 1 N–H and O–H groups in total. The average molecular weight is 293 g/mol. The van der Waals surface area contributed by atoms with Crippen LogP contribution in [-0.2, 0) is 0 Å². The van der Waals surface area contributed by atoms with Crippen molar-refractivity contribution in [3.8, 4) is 0 Å². The Bertz CT molecular complexity index is 479. The molecule has 1 aromatic carbocycles. The molecule has 0 amide bonds. The lowest BCUT2D eigenvalue weighted by atomic mass is 9.77. The summed E-state index contributed by atoms with van der Waals surface area (Å²) in [6.45, 7) is 10.3. The third kappa shape index (κ3) is 3.76. The third-order valence-corrected chi connectivity index (χ3v) is 4.74. The smallest absolute Gasteiger partial charge is 0.146 e. The lowest BCUT2D eigenvalue weighted by Gasteiger charge is -2.30. The first-order chi connectivity index (χ1) is 9.80. The molecule has 21 heavy (non-hydrogen) atoms. The molecule has 1 aromatic rings. The Morgan fingerprint density at radius 3 is 2.57 bits per heavy atom. The summed E-state index contributed by atoms with van der Waals surface area (Å²) in [5.41, 5.74) is 1.60. The molecule has 0 radical (unpaired) electrons. The summed E-state index contributed by atoms with van der Waals surface area (Å²) >= 11 is 0. The van der Waals surface area contributed by atoms with E-state index < -0.39 is 6.10 Å². The van der Waals surface area contributed by atoms with Gasteiger partial charge in [0, 0.05) is 18.7 Å². The maximum Gasteiger partial charge on any atom is 0.146 e. The van der Waals surface area contributed by atoms with Crippen LogP contribution in [0.5, 0.6) is 0 Å². The number of rotatable bonds is 2. The minimum atomic E-state index is -0.641. The Hall–Kier alpha value is -1.09. The third-order valence-electron chi connectivity index (χ3n) is 4.74. The van der Waals surface area contributed by atoms with E-state index >= 15 is 0 Å². The van der Waals surface area contributed by atoms with E-state index in [9.17, 15) is 9.50 Å². The van der Waals surface area contributed by atoms with E-state index in [-0.39, 0.29) is 5.82 Å². The van der Waals surface area contributed by atoms with Crippen LogP contribution in [0.4, 0.5) is 10.1 Å². The minimum absolute atomic E-state index is 0.220. The van der Waals surface area contributed by atoms with E-state index in [0.29, 0.717) is 22.6 Å². The van der Waals surface area contributed by atoms with Crippen molar-refractivity contribution in [2.24, 2.45) is 11.3 Å². The van der Waals surface area contributed by atoms with E-state index in [2.05, 4.69) is 25.7 Å². The van der Waals surface area contributed by atoms with Gasteiger partial charge in [-0.2, -0.15) is 0 Å². The van der Waals surface area contributed by atoms with Crippen molar-refractivity contribution >= 4 is 5.69 Å². The van der Waals surface area contributed by atoms with Crippen LogP contribution in [0, 0.1) is 17.2 Å². The topological polar surface area (TPSA) is 23.5 Å². The molecule has 1 unspecified atom stereocenters. The number of anilines is 1. The standard InChI is InChI=1S/C18H28FNO/c1-13(21)15-8-5-9-16(19)17(15)20-11-6-7-14(10-12-20)18(2,3)4/h5,8-9,13-14,21H,6-7,10-12H2,1-4H3/t13-,14?/m0/s1. The van der Waals surface area contributed by atoms with E-state index in [1.807, 2.05) is 6.07 Å². The molecule has 118 valence electrons. The SMILES string of the molecule is C[C@H](O)c1cccc(F)c1N1CCCC(C(C)(C)C)CC1. The van der Waals surface area contributed by atoms with Crippen molar-refractivity contribution in [1.29, 1.82) is 0 Å². The van der Waals surface area contributed by atoms with Crippen LogP contribution in [0.2, 0.25) is 0 Å². The Kier molecular flexibility index (Phi) is 4.92. The fraction of sp³-hybridized carbons (Fsp3) is 0.667. The summed E-state index contributed by atoms with van der Waals surface area (Å²) in [4.78, 5) is 2.13. The van der Waals surface area contributed by atoms with Gasteiger partial charge in [-0.25, -0.2) is 4.39 Å². The lowest BCUT2D eigenvalue weighted by Crippen LogP contribution is -2.28. The Morgan fingerprint density at radius 2 is 1.95 bits per heavy atom. The second kappa shape index (κ2) is 6.35. The van der Waals surface area contributed by atoms with Gasteiger partial charge >= 0.3 is 0 Å². The fourth-order valence-corrected chi connectivity index (χ4v) is 3.39. The van der Waals surface area contributed by atoms with Gasteiger partial charge in [0.05, 0.1) is 11.8 Å². The van der Waals surface area contributed by atoms with E-state index in [0.717, 1.165) is 25.9 Å². The number of benzene rings is 1. The summed E-state index contributed by atoms with van der Waals surface area (Å²) in [5.74, 6) is 0.451. The van der Waals surface area contributed by atoms with Gasteiger partial charge in [-0.1, -0.05) is 32.9 Å². The molecule has 2 atom stereocenters. The van der Waals surface area contributed by atoms with Crippen LogP contribution in [0.15, 0.2) is 18.2 Å². The monoisotopic (exact) mass is 293 g/mol. The maximum absolute atomic E-state index is 14.3. The van der Waals surface area contributed by atoms with E-state index in [1.54, 1.807) is 13.0 Å². The molecular weight excluding hydrogens is 265 g/mol. The zero-order valence-corrected chi connectivity index (χ0v) is 13.7. The average Bonchev–Trinajstić information content (AvgIpc) is 2.63. The first-order valence-corrected chi connectivity index (χ1v) is 8.02. The van der Waals surface area contributed by atoms with Crippen molar-refractivity contribution in [1.82, 2.24) is 0 Å². The number of aliphatic hydroxyl groups is 1. The zero-order valence-electron chi connectivity index (χ0n) is 13.7. The van der Waals surface area contributed by atoms with E-state index in [4.69, 9.17) is 0 Å². The molecule has 0 saturated carbocycles. The van der Waals surface area contributed by atoms with Crippen LogP contribution in [0.25, 0.3) is 0 Å². The number of halogens is 1. The highest BCUT2D eigenvalue weighted by atomic mass is 19.1. The number of para-hydroxylation sites is 1. The van der Waals surface area contributed by atoms with E-state index in [1.165, 1.54) is 12.5 Å². The summed E-state index contributed by atoms with van der Waals surface area (Å²) in [6.07, 6.45) is 2.71. The van der Waals surface area contributed by atoms with Crippen LogP contribution in [-0.4, -0.2) is 18.2 Å². The first-order valence-electron chi connectivity index (χ1n) is 8.02. The second-order valence-corrected chi connectivity index (χ2v) is 7.33. The number of nitrogens with zero attached hydrogens (tertiary/aromatic N) is 1. The molecule has 1 fully saturated rings. The normalized spacial score (nSPS) is 22.0. The Morgan fingerprint density at radius 1 is 1.24 bits per heavy atom. The molecule has 0 aliphatic carbocycles. The van der Waals surface area contributed by atoms with Crippen molar-refractivity contribution in [2.75, 3.05) is 18.0 Å². The Labute approximate surface area is 128 Å². The highest BCUT2D eigenvalue weighted by Gasteiger charge is 2.28. The fourth-order valence-electron chi connectivity index (χ4n) is 3.39. The summed E-state index contributed by atoms with van der Waals surface area (Å²) in [5, 5.41) is 9.92. The summed E-state index contributed by atoms with van der Waals surface area (Å²) in [7, 11) is 0. The highest BCUT2D eigenvalue weighted by Crippen LogP contribution is 2.37. The molecule has 1 aliphatic heterocycles. The van der Waals surface area contributed by atoms with Gasteiger partial charge in [0.1, 0.15) is 5.82 Å². The molecule has 0 spiro atoms. The first kappa shape index (κ1) is 16.3. The van der Waals surface area contributed by atoms with Gasteiger partial charge in [-0.15, -0.1) is 0 Å². The summed E-state index contributed by atoms with van der Waals surface area (Å²) in [6, 6.07) is 5.00. The van der Waals surface area contributed by atoms with Gasteiger partial charge in [-0.05, 0) is 43.6 Å². The lowest BCUT2D eigenvalue weighted by molar-refractivity contribution is 0.199. The van der Waals surface area contributed by atoms with Crippen LogP contribution in [0.3, 0.4) is 0 Å². The number of hydrogen-bond donors (Lipinski definition) is 1. The quantitative estimate of drug-likeness (QED) is 0.866. The molecule has 0 bridgehead atoms. The van der Waals surface area contributed by atoms with Crippen LogP contribution < -0.4 is 4.90 Å². The molecule has 1 aliphatic rings. The van der Waals surface area contributed by atoms with Gasteiger partial charge in [0.25, 0.3) is 0 Å². The van der Waals surface area contributed by atoms with Crippen LogP contribution in [0.1, 0.15) is 58.6 Å². The minimum Gasteiger partial charge on any atom is -0.389 e. The maximum atomic E-state index is 14.3. The molecular formula is C18H28FNO. The number of aliphatic hydroxyl groups excluding tert-OH is 1. The predicted molar refractivity (Wildman–Crippen MR) is 86.0 cm³/mol. The summed E-state index contributed by atoms with van der Waals surface area (Å²) < 4.78 is 14.3. The van der Waals surface area contributed by atoms with Crippen molar-refractivity contribution in [2.45, 2.75) is 53.1 Å². The largest absolute Gasteiger partial charge is 0.389 e. The van der Waals surface area contributed by atoms with Gasteiger partial charge in [0.15, 0.2) is 0 Å². The van der Waals surface area contributed by atoms with Crippen molar-refractivity contribution in [3.05, 3.63) is 29.6 Å². The molecule has 1 saturated heterocycles. The van der Waals surface area contributed by atoms with Crippen LogP contribution >= 0.6 is 0 Å². The molecule has 2 rings (SSSR count). The molecule has 0 aromatic heterocycles. The highest BCUT2D eigenvalue weighted by molar-refractivity contribution is 5.56. The predicted octanol–water partition coefficient (Wildman–Crippen LogP) is 4.53. The molecule has 2 nitrogen and oxygen atoms in total.